The van der Waals surface area contributed by atoms with Crippen LogP contribution in [0.25, 0.3) is 66.9 Å². The van der Waals surface area contributed by atoms with Gasteiger partial charge in [-0.25, -0.2) is 48.3 Å². The van der Waals surface area contributed by atoms with Crippen LogP contribution < -0.4 is 17.2 Å². The summed E-state index contributed by atoms with van der Waals surface area (Å²) in [4.78, 5) is 93.7. The summed E-state index contributed by atoms with van der Waals surface area (Å²) in [6, 6.07) is 33.6. The first-order valence-electron chi connectivity index (χ1n) is 38.5. The van der Waals surface area contributed by atoms with E-state index in [4.69, 9.17) is 32.5 Å². The molecule has 118 heavy (non-hydrogen) atoms. The molecule has 3 atom stereocenters. The number of rotatable bonds is 20. The second-order valence-corrected chi connectivity index (χ2v) is 29.6. The number of nitriles is 1. The molecule has 0 aliphatic carbocycles. The molecule has 0 spiro atoms. The second-order valence-electron chi connectivity index (χ2n) is 29.6. The minimum atomic E-state index is -5.04. The van der Waals surface area contributed by atoms with Gasteiger partial charge >= 0.3 is 12.4 Å². The number of amides is 2. The molecule has 24 nitrogen and oxygen atoms in total. The number of hydrogen-bond acceptors (Lipinski definition) is 19. The van der Waals surface area contributed by atoms with Crippen molar-refractivity contribution in [3.8, 4) is 40.0 Å². The third-order valence-corrected chi connectivity index (χ3v) is 21.6. The predicted molar refractivity (Wildman–Crippen MR) is 433 cm³/mol. The van der Waals surface area contributed by atoms with Crippen molar-refractivity contribution in [3.63, 3.8) is 0 Å². The number of fused-ring (bicyclic) bond motifs is 3. The van der Waals surface area contributed by atoms with E-state index < -0.39 is 40.6 Å². The van der Waals surface area contributed by atoms with Crippen LogP contribution in [0, 0.1) is 38.0 Å². The van der Waals surface area contributed by atoms with E-state index in [1.54, 1.807) is 49.7 Å². The number of ketones is 3. The van der Waals surface area contributed by atoms with Crippen molar-refractivity contribution < 1.29 is 54.7 Å². The smallest absolute Gasteiger partial charge is 0.383 e. The van der Waals surface area contributed by atoms with Crippen molar-refractivity contribution in [2.45, 2.75) is 128 Å². The fourth-order valence-electron chi connectivity index (χ4n) is 15.4. The normalized spacial score (nSPS) is 15.7. The second kappa shape index (κ2) is 35.4. The Morgan fingerprint density at radius 2 is 0.864 bits per heavy atom. The number of likely N-dealkylation sites (tertiary alicyclic amines) is 3. The zero-order valence-corrected chi connectivity index (χ0v) is 65.0. The Morgan fingerprint density at radius 1 is 0.475 bits per heavy atom. The maximum absolute atomic E-state index is 13.6. The lowest BCUT2D eigenvalue weighted by Crippen LogP contribution is -2.40. The molecule has 31 heteroatoms. The molecule has 6 N–H and O–H groups in total. The molecule has 3 aliphatic rings. The highest BCUT2D eigenvalue weighted by atomic mass is 19.4. The molecule has 0 radical (unpaired) electrons. The summed E-state index contributed by atoms with van der Waals surface area (Å²) in [6.07, 6.45) is 5.75. The largest absolute Gasteiger partial charge is 0.416 e. The number of aromatic nitrogens is 12. The number of halogens is 7. The summed E-state index contributed by atoms with van der Waals surface area (Å²) in [5.41, 5.74) is 28.0. The van der Waals surface area contributed by atoms with E-state index >= 15 is 0 Å². The number of nitrogen functional groups attached to an aromatic ring is 3. The number of nitrogens with zero attached hydrogens (tertiary/aromatic N) is 16. The summed E-state index contributed by atoms with van der Waals surface area (Å²) in [6.45, 7) is 16.6. The van der Waals surface area contributed by atoms with E-state index in [2.05, 4.69) is 49.3 Å². The Bertz CT molecular complexity index is 5820. The summed E-state index contributed by atoms with van der Waals surface area (Å²) in [5.74, 6) is -0.505. The number of nitrogens with two attached hydrogens (primary N) is 3. The summed E-state index contributed by atoms with van der Waals surface area (Å²) in [5, 5.41) is 25.9. The minimum absolute atomic E-state index is 0.0105. The first kappa shape index (κ1) is 82.6. The van der Waals surface area contributed by atoms with Crippen LogP contribution in [-0.2, 0) is 41.2 Å². The number of Topliss-reactive ketones (excluding diaryl/α,β-unsaturated/α-hetero) is 3. The molecule has 6 aromatic heterocycles. The number of carbonyl (C=O) groups is 5. The molecular formula is C87H84F7N19O5. The van der Waals surface area contributed by atoms with Gasteiger partial charge in [0.15, 0.2) is 40.5 Å². The Hall–Kier alpha value is -13.4. The Kier molecular flexibility index (Phi) is 24.8. The molecule has 2 amide bonds. The summed E-state index contributed by atoms with van der Waals surface area (Å²) >= 11 is 0. The van der Waals surface area contributed by atoms with Gasteiger partial charge in [0, 0.05) is 85.4 Å². The summed E-state index contributed by atoms with van der Waals surface area (Å²) < 4.78 is 98.3. The van der Waals surface area contributed by atoms with Gasteiger partial charge in [0.1, 0.15) is 59.3 Å². The first-order valence-corrected chi connectivity index (χ1v) is 38.5. The Morgan fingerprint density at radius 3 is 1.25 bits per heavy atom. The van der Waals surface area contributed by atoms with E-state index in [1.165, 1.54) is 43.3 Å². The van der Waals surface area contributed by atoms with E-state index in [0.29, 0.717) is 149 Å². The van der Waals surface area contributed by atoms with Crippen LogP contribution in [0.15, 0.2) is 172 Å². The van der Waals surface area contributed by atoms with Gasteiger partial charge in [0.05, 0.1) is 52.0 Å². The Labute approximate surface area is 673 Å². The standard InChI is InChI=1S/C30H26F6N6O2.C30H32N6O2.C27H26FN7O/c1-2-24(44)41-11-3-4-22(15-41)42-28-25(27(37)38-16-39-28)26(40-42)18-8-5-17(6-9-18)7-10-23(43)19-12-20(29(31,32)33)14-21(13-19)30(34,35)36;1-4-26(38)35-15-5-6-23(17-35)36-30-27(29(31)32-18-33-30)28(34-36)22-11-8-21(9-12-22)10-14-25(37)24-13-7-19(2)16-20(24)3;1-17-4-10-20(28)13-22(17)23(36)11-7-18-5-8-19(9-6-18)25-24-26(30)31-16-32-27(24)35(33-25)21-3-2-12-34(14-21)15-29/h2,5-6,8-9,12-14,16,22H,1,3-4,7,10-11,15H2,(H2,37,38,39);4,7-9,11-13,16,18,23H,1,5-6,10,14-15,17H2,2-3H3,(H2,31,32,33);4-6,8-10,13,16,21H,2-3,7,11-12,14H2,1H3,(H2,30,31,32). The third-order valence-electron chi connectivity index (χ3n) is 21.6. The van der Waals surface area contributed by atoms with Crippen LogP contribution in [0.2, 0.25) is 0 Å². The van der Waals surface area contributed by atoms with E-state index in [9.17, 15) is 60.0 Å². The molecule has 0 saturated carbocycles. The minimum Gasteiger partial charge on any atom is -0.383 e. The highest BCUT2D eigenvalue weighted by Crippen LogP contribution is 2.41. The predicted octanol–water partition coefficient (Wildman–Crippen LogP) is 15.6. The van der Waals surface area contributed by atoms with Crippen molar-refractivity contribution in [3.05, 3.63) is 239 Å². The van der Waals surface area contributed by atoms with Crippen LogP contribution in [-0.4, -0.2) is 142 Å². The van der Waals surface area contributed by atoms with Gasteiger partial charge in [-0.2, -0.15) is 46.9 Å². The molecule has 3 fully saturated rings. The maximum atomic E-state index is 13.6. The molecule has 3 saturated heterocycles. The number of aryl methyl sites for hydroxylation is 6. The highest BCUT2D eigenvalue weighted by Gasteiger charge is 2.38. The lowest BCUT2D eigenvalue weighted by atomic mass is 9.97. The molecule has 3 unspecified atom stereocenters. The topological polar surface area (TPSA) is 328 Å². The molecule has 606 valence electrons. The number of alkyl halides is 6. The van der Waals surface area contributed by atoms with Crippen molar-refractivity contribution in [2.24, 2.45) is 0 Å². The highest BCUT2D eigenvalue weighted by molar-refractivity contribution is 6.02. The number of carbonyl (C=O) groups excluding carboxylic acids is 5. The van der Waals surface area contributed by atoms with Gasteiger partial charge in [-0.15, -0.1) is 0 Å². The van der Waals surface area contributed by atoms with Crippen LogP contribution >= 0.6 is 0 Å². The number of benzene rings is 6. The quantitative estimate of drug-likeness (QED) is 0.0276. The van der Waals surface area contributed by atoms with Crippen LogP contribution in [0.4, 0.5) is 48.2 Å². The number of hydrogen-bond donors (Lipinski definition) is 3. The van der Waals surface area contributed by atoms with Gasteiger partial charge < -0.3 is 31.9 Å². The Balaban J connectivity index is 0.000000154. The summed E-state index contributed by atoms with van der Waals surface area (Å²) in [7, 11) is 0. The molecule has 15 rings (SSSR count). The van der Waals surface area contributed by atoms with Gasteiger partial charge in [-0.05, 0) is 149 Å². The third kappa shape index (κ3) is 18.4. The number of anilines is 3. The molecule has 9 heterocycles. The zero-order chi connectivity index (χ0) is 83.9. The zero-order valence-electron chi connectivity index (χ0n) is 65.0. The SMILES string of the molecule is C=CC(=O)N1CCCC(n2nc(-c3ccc(CCC(=O)c4cc(C(F)(F)F)cc(C(F)(F)F)c4)cc3)c3c(N)ncnc32)C1.C=CC(=O)N1CCCC(n2nc(-c3ccc(CCC(=O)c4ccc(C)cc4C)cc3)c3c(N)ncnc32)C1.Cc1ccc(F)cc1C(=O)CCc1ccc(-c2nn(C3CCCN(C#N)C3)c3ncnc(N)c23)cc1. The average molecular weight is 1610 g/mol. The molecule has 6 aromatic carbocycles. The van der Waals surface area contributed by atoms with Crippen molar-refractivity contribution in [1.82, 2.24) is 73.9 Å². The van der Waals surface area contributed by atoms with Crippen molar-refractivity contribution in [2.75, 3.05) is 56.5 Å². The first-order chi connectivity index (χ1) is 56.5. The monoisotopic (exact) mass is 1610 g/mol. The van der Waals surface area contributed by atoms with Gasteiger partial charge in [-0.3, -0.25) is 24.0 Å². The molecule has 0 bridgehead atoms. The number of piperidine rings is 3. The lowest BCUT2D eigenvalue weighted by molar-refractivity contribution is -0.143. The molecule has 12 aromatic rings. The van der Waals surface area contributed by atoms with Gasteiger partial charge in [-0.1, -0.05) is 116 Å². The van der Waals surface area contributed by atoms with Crippen molar-refractivity contribution in [1.29, 1.82) is 5.26 Å². The van der Waals surface area contributed by atoms with Crippen LogP contribution in [0.5, 0.6) is 0 Å². The molecular weight excluding hydrogens is 1520 g/mol. The maximum Gasteiger partial charge on any atom is 0.416 e. The van der Waals surface area contributed by atoms with E-state index in [-0.39, 0.29) is 66.2 Å². The fraction of sp³-hybridized carbons (Fsp3) is 0.299. The van der Waals surface area contributed by atoms with Gasteiger partial charge in [0.25, 0.3) is 0 Å². The fourth-order valence-corrected chi connectivity index (χ4v) is 15.4. The van der Waals surface area contributed by atoms with Gasteiger partial charge in [0.2, 0.25) is 11.8 Å². The van der Waals surface area contributed by atoms with Crippen LogP contribution in [0.3, 0.4) is 0 Å². The lowest BCUT2D eigenvalue weighted by Gasteiger charge is -2.32. The van der Waals surface area contributed by atoms with Crippen LogP contribution in [0.1, 0.15) is 151 Å². The molecule has 3 aliphatic heterocycles. The average Bonchev–Trinajstić information content (AvgIpc) is 1.62. The van der Waals surface area contributed by atoms with E-state index in [0.717, 1.165) is 89.6 Å². The van der Waals surface area contributed by atoms with E-state index in [1.807, 2.05) is 96.9 Å². The van der Waals surface area contributed by atoms with Crippen molar-refractivity contribution >= 4 is 79.7 Å².